The fraction of sp³-hybridized carbons (Fsp3) is 0.208. The number of ether oxygens (including phenoxy) is 2. The minimum Gasteiger partial charge on any atom is -0.493 e. The Labute approximate surface area is 204 Å². The second-order valence-corrected chi connectivity index (χ2v) is 9.06. The van der Waals surface area contributed by atoms with Crippen LogP contribution in [0.15, 0.2) is 39.7 Å². The van der Waals surface area contributed by atoms with Crippen LogP contribution in [0.3, 0.4) is 0 Å². The van der Waals surface area contributed by atoms with Gasteiger partial charge in [-0.05, 0) is 61.0 Å². The quantitative estimate of drug-likeness (QED) is 0.411. The monoisotopic (exact) mass is 528 g/mol. The Kier molecular flexibility index (Phi) is 7.84. The van der Waals surface area contributed by atoms with Crippen molar-refractivity contribution in [2.75, 3.05) is 25.6 Å². The largest absolute Gasteiger partial charge is 0.493 e. The van der Waals surface area contributed by atoms with Gasteiger partial charge in [0.1, 0.15) is 13.2 Å². The van der Waals surface area contributed by atoms with Crippen LogP contribution >= 0.6 is 27.7 Å². The van der Waals surface area contributed by atoms with Crippen LogP contribution in [-0.2, 0) is 9.59 Å². The minimum atomic E-state index is -0.567. The van der Waals surface area contributed by atoms with Gasteiger partial charge in [0.15, 0.2) is 11.5 Å². The number of rotatable bonds is 7. The molecular weight excluding hydrogens is 508 g/mol. The molecule has 0 unspecified atom stereocenters. The zero-order valence-corrected chi connectivity index (χ0v) is 20.6. The molecule has 7 nitrogen and oxygen atoms in total. The van der Waals surface area contributed by atoms with E-state index in [4.69, 9.17) is 15.9 Å². The van der Waals surface area contributed by atoms with Crippen LogP contribution in [0.2, 0.25) is 0 Å². The topological polar surface area (TPSA) is 84.9 Å². The fourth-order valence-electron chi connectivity index (χ4n) is 3.10. The van der Waals surface area contributed by atoms with Crippen molar-refractivity contribution in [1.29, 1.82) is 0 Å². The van der Waals surface area contributed by atoms with Crippen molar-refractivity contribution < 1.29 is 23.9 Å². The summed E-state index contributed by atoms with van der Waals surface area (Å²) in [6, 6.07) is 9.08. The van der Waals surface area contributed by atoms with E-state index >= 15 is 0 Å². The molecule has 1 aliphatic rings. The first-order chi connectivity index (χ1) is 15.7. The molecule has 2 aromatic rings. The predicted molar refractivity (Wildman–Crippen MR) is 132 cm³/mol. The number of thioether (sulfide) groups is 1. The van der Waals surface area contributed by atoms with E-state index in [2.05, 4.69) is 27.2 Å². The predicted octanol–water partition coefficient (Wildman–Crippen LogP) is 4.76. The molecule has 0 spiro atoms. The molecule has 170 valence electrons. The Morgan fingerprint density at radius 2 is 2.03 bits per heavy atom. The van der Waals surface area contributed by atoms with E-state index in [0.29, 0.717) is 27.2 Å². The average Bonchev–Trinajstić information content (AvgIpc) is 3.02. The summed E-state index contributed by atoms with van der Waals surface area (Å²) in [5.41, 5.74) is 3.00. The van der Waals surface area contributed by atoms with E-state index < -0.39 is 23.6 Å². The van der Waals surface area contributed by atoms with Crippen LogP contribution < -0.4 is 14.8 Å². The smallest absolute Gasteiger partial charge is 0.294 e. The molecule has 33 heavy (non-hydrogen) atoms. The summed E-state index contributed by atoms with van der Waals surface area (Å²) >= 11 is 4.14. The van der Waals surface area contributed by atoms with E-state index in [0.717, 1.165) is 27.8 Å². The third kappa shape index (κ3) is 5.78. The molecule has 1 saturated heterocycles. The minimum absolute atomic E-state index is 0.00113. The summed E-state index contributed by atoms with van der Waals surface area (Å²) in [6.45, 7) is 3.38. The van der Waals surface area contributed by atoms with E-state index in [1.807, 2.05) is 32.0 Å². The molecule has 0 aromatic heterocycles. The molecule has 0 radical (unpaired) electrons. The summed E-state index contributed by atoms with van der Waals surface area (Å²) in [7, 11) is 1.48. The molecule has 0 atom stereocenters. The first kappa shape index (κ1) is 24.4. The lowest BCUT2D eigenvalue weighted by molar-refractivity contribution is -0.127. The molecule has 3 amide bonds. The summed E-state index contributed by atoms with van der Waals surface area (Å²) in [4.78, 5) is 39.0. The third-order valence-electron chi connectivity index (χ3n) is 4.70. The number of halogens is 1. The zero-order valence-electron chi connectivity index (χ0n) is 18.2. The standard InChI is InChI=1S/C24H21BrN2O5S/c1-5-8-32-22-16(10-17(25)12-19(22)31-4)11-20-23(29)27(24(30)33-20)13-21(28)26-18-9-14(2)6-7-15(18)3/h1,6-7,9-12H,8,13H2,2-4H3,(H,26,28)/b20-11+. The highest BCUT2D eigenvalue weighted by atomic mass is 79.9. The highest BCUT2D eigenvalue weighted by Crippen LogP contribution is 2.39. The Morgan fingerprint density at radius 3 is 2.73 bits per heavy atom. The highest BCUT2D eigenvalue weighted by Gasteiger charge is 2.36. The van der Waals surface area contributed by atoms with Crippen molar-refractivity contribution in [3.63, 3.8) is 0 Å². The van der Waals surface area contributed by atoms with E-state index in [1.54, 1.807) is 12.1 Å². The first-order valence-electron chi connectivity index (χ1n) is 9.79. The van der Waals surface area contributed by atoms with Crippen LogP contribution in [0.25, 0.3) is 6.08 Å². The number of nitrogens with zero attached hydrogens (tertiary/aromatic N) is 1. The lowest BCUT2D eigenvalue weighted by Gasteiger charge is -2.14. The SMILES string of the molecule is C#CCOc1c(/C=C2/SC(=O)N(CC(=O)Nc3cc(C)ccc3C)C2=O)cc(Br)cc1OC. The van der Waals surface area contributed by atoms with Crippen molar-refractivity contribution in [3.8, 4) is 23.8 Å². The van der Waals surface area contributed by atoms with Gasteiger partial charge in [0, 0.05) is 15.7 Å². The number of anilines is 1. The third-order valence-corrected chi connectivity index (χ3v) is 6.06. The Balaban J connectivity index is 1.83. The Morgan fingerprint density at radius 1 is 1.27 bits per heavy atom. The van der Waals surface area contributed by atoms with Gasteiger partial charge in [0.25, 0.3) is 11.1 Å². The number of hydrogen-bond acceptors (Lipinski definition) is 6. The number of carbonyl (C=O) groups excluding carboxylic acids is 3. The zero-order chi connectivity index (χ0) is 24.1. The summed E-state index contributed by atoms with van der Waals surface area (Å²) in [5.74, 6) is 2.12. The van der Waals surface area contributed by atoms with Crippen LogP contribution in [0.1, 0.15) is 16.7 Å². The molecule has 9 heteroatoms. The molecule has 0 aliphatic carbocycles. The Bertz CT molecular complexity index is 1200. The molecule has 1 fully saturated rings. The molecule has 0 saturated carbocycles. The van der Waals surface area contributed by atoms with E-state index in [1.165, 1.54) is 13.2 Å². The van der Waals surface area contributed by atoms with Crippen LogP contribution in [0.5, 0.6) is 11.5 Å². The van der Waals surface area contributed by atoms with Gasteiger partial charge in [-0.25, -0.2) is 0 Å². The van der Waals surface area contributed by atoms with Crippen molar-refractivity contribution in [2.24, 2.45) is 0 Å². The number of amides is 3. The van der Waals surface area contributed by atoms with Gasteiger partial charge in [-0.2, -0.15) is 0 Å². The number of imide groups is 1. The maximum atomic E-state index is 12.9. The number of aryl methyl sites for hydroxylation is 2. The maximum Gasteiger partial charge on any atom is 0.294 e. The number of carbonyl (C=O) groups is 3. The summed E-state index contributed by atoms with van der Waals surface area (Å²) < 4.78 is 11.6. The second kappa shape index (κ2) is 10.6. The number of benzene rings is 2. The van der Waals surface area contributed by atoms with E-state index in [-0.39, 0.29) is 11.5 Å². The summed E-state index contributed by atoms with van der Waals surface area (Å²) in [5, 5.41) is 2.23. The Hall–Kier alpha value is -3.22. The van der Waals surface area contributed by atoms with Gasteiger partial charge >= 0.3 is 0 Å². The molecule has 0 bridgehead atoms. The highest BCUT2D eigenvalue weighted by molar-refractivity contribution is 9.10. The van der Waals surface area contributed by atoms with Gasteiger partial charge in [-0.15, -0.1) is 6.42 Å². The van der Waals surface area contributed by atoms with Crippen molar-refractivity contribution in [3.05, 3.63) is 56.4 Å². The fourth-order valence-corrected chi connectivity index (χ4v) is 4.38. The maximum absolute atomic E-state index is 12.9. The molecule has 1 aliphatic heterocycles. The summed E-state index contributed by atoms with van der Waals surface area (Å²) in [6.07, 6.45) is 6.82. The van der Waals surface area contributed by atoms with Gasteiger partial charge < -0.3 is 14.8 Å². The van der Waals surface area contributed by atoms with Gasteiger partial charge in [-0.1, -0.05) is 34.0 Å². The van der Waals surface area contributed by atoms with Gasteiger partial charge in [-0.3, -0.25) is 19.3 Å². The number of nitrogens with one attached hydrogen (secondary N) is 1. The van der Waals surface area contributed by atoms with E-state index in [9.17, 15) is 14.4 Å². The average molecular weight is 529 g/mol. The second-order valence-electron chi connectivity index (χ2n) is 7.15. The molecular formula is C24H21BrN2O5S. The lowest BCUT2D eigenvalue weighted by atomic mass is 10.1. The van der Waals surface area contributed by atoms with Gasteiger partial charge in [0.2, 0.25) is 5.91 Å². The number of terminal acetylenes is 1. The van der Waals surface area contributed by atoms with Crippen LogP contribution in [0.4, 0.5) is 10.5 Å². The van der Waals surface area contributed by atoms with Gasteiger partial charge in [0.05, 0.1) is 12.0 Å². The molecule has 1 heterocycles. The van der Waals surface area contributed by atoms with Crippen LogP contribution in [0, 0.1) is 26.2 Å². The lowest BCUT2D eigenvalue weighted by Crippen LogP contribution is -2.36. The normalized spacial score (nSPS) is 14.4. The van der Waals surface area contributed by atoms with Crippen molar-refractivity contribution in [1.82, 2.24) is 4.90 Å². The van der Waals surface area contributed by atoms with Crippen LogP contribution in [-0.4, -0.2) is 42.2 Å². The molecule has 2 aromatic carbocycles. The molecule has 3 rings (SSSR count). The number of hydrogen-bond donors (Lipinski definition) is 1. The number of methoxy groups -OCH3 is 1. The van der Waals surface area contributed by atoms with Crippen molar-refractivity contribution in [2.45, 2.75) is 13.8 Å². The first-order valence-corrected chi connectivity index (χ1v) is 11.4. The molecule has 1 N–H and O–H groups in total. The van der Waals surface area contributed by atoms with Crippen molar-refractivity contribution >= 4 is 56.5 Å².